The average Bonchev–Trinajstić information content (AvgIpc) is 2.27. The van der Waals surface area contributed by atoms with Crippen molar-refractivity contribution in [2.24, 2.45) is 0 Å². The Hall–Kier alpha value is -1.58. The summed E-state index contributed by atoms with van der Waals surface area (Å²) in [5, 5.41) is 0. The molecule has 0 saturated carbocycles. The molecule has 1 aliphatic heterocycles. The fraction of sp³-hybridized carbons (Fsp3) is 0.455. The molecule has 0 N–H and O–H groups in total. The molecular weight excluding hydrogens is 192 g/mol. The first kappa shape index (κ1) is 11.5. The average molecular weight is 208 g/mol. The van der Waals surface area contributed by atoms with E-state index in [4.69, 9.17) is 4.74 Å². The van der Waals surface area contributed by atoms with Crippen molar-refractivity contribution in [3.8, 4) is 5.75 Å². The van der Waals surface area contributed by atoms with E-state index in [1.807, 2.05) is 32.9 Å². The zero-order chi connectivity index (χ0) is 11.4. The Labute approximate surface area is 89.9 Å². The van der Waals surface area contributed by atoms with E-state index >= 15 is 0 Å². The third kappa shape index (κ3) is 2.26. The van der Waals surface area contributed by atoms with Gasteiger partial charge >= 0.3 is 0 Å². The van der Waals surface area contributed by atoms with Gasteiger partial charge in [0.2, 0.25) is 0 Å². The SMILES string of the molecule is CC.Cc1ccc2c(n1)N(C)C(=O)CO2. The van der Waals surface area contributed by atoms with Crippen molar-refractivity contribution in [3.05, 3.63) is 17.8 Å². The van der Waals surface area contributed by atoms with Crippen LogP contribution in [-0.4, -0.2) is 24.5 Å². The van der Waals surface area contributed by atoms with E-state index in [1.165, 1.54) is 4.90 Å². The summed E-state index contributed by atoms with van der Waals surface area (Å²) in [5.74, 6) is 1.22. The van der Waals surface area contributed by atoms with Crippen LogP contribution in [0.4, 0.5) is 5.82 Å². The molecule has 0 saturated heterocycles. The van der Waals surface area contributed by atoms with Crippen LogP contribution in [-0.2, 0) is 4.79 Å². The molecule has 0 aromatic carbocycles. The van der Waals surface area contributed by atoms with Gasteiger partial charge in [0.15, 0.2) is 18.2 Å². The van der Waals surface area contributed by atoms with Crippen LogP contribution in [0.25, 0.3) is 0 Å². The number of hydrogen-bond donors (Lipinski definition) is 0. The molecule has 0 aliphatic carbocycles. The van der Waals surface area contributed by atoms with E-state index in [0.717, 1.165) is 5.69 Å². The number of hydrogen-bond acceptors (Lipinski definition) is 3. The third-order valence-electron chi connectivity index (χ3n) is 2.02. The molecule has 0 unspecified atom stereocenters. The van der Waals surface area contributed by atoms with Crippen LogP contribution in [0.15, 0.2) is 12.1 Å². The van der Waals surface area contributed by atoms with Crippen molar-refractivity contribution in [2.45, 2.75) is 20.8 Å². The van der Waals surface area contributed by atoms with Gasteiger partial charge in [0.1, 0.15) is 0 Å². The molecule has 1 amide bonds. The maximum absolute atomic E-state index is 11.2. The molecule has 1 aliphatic rings. The normalized spacial score (nSPS) is 13.6. The molecule has 0 bridgehead atoms. The number of amides is 1. The number of aromatic nitrogens is 1. The lowest BCUT2D eigenvalue weighted by atomic mass is 10.3. The number of likely N-dealkylation sites (N-methyl/N-ethyl adjacent to an activating group) is 1. The standard InChI is InChI=1S/C9H10N2O2.C2H6/c1-6-3-4-7-9(10-6)11(2)8(12)5-13-7;1-2/h3-4H,5H2,1-2H3;1-2H3. The molecule has 0 radical (unpaired) electrons. The first-order valence-corrected chi connectivity index (χ1v) is 5.05. The Kier molecular flexibility index (Phi) is 3.66. The second kappa shape index (κ2) is 4.77. The minimum absolute atomic E-state index is 0.0643. The quantitative estimate of drug-likeness (QED) is 0.652. The second-order valence-electron chi connectivity index (χ2n) is 3.02. The Balaban J connectivity index is 0.000000531. The number of aryl methyl sites for hydroxylation is 1. The minimum atomic E-state index is -0.0643. The highest BCUT2D eigenvalue weighted by Gasteiger charge is 2.23. The van der Waals surface area contributed by atoms with Crippen LogP contribution >= 0.6 is 0 Å². The van der Waals surface area contributed by atoms with Crippen LogP contribution in [0.1, 0.15) is 19.5 Å². The second-order valence-corrected chi connectivity index (χ2v) is 3.02. The summed E-state index contributed by atoms with van der Waals surface area (Å²) < 4.78 is 5.21. The lowest BCUT2D eigenvalue weighted by Gasteiger charge is -2.24. The fourth-order valence-electron chi connectivity index (χ4n) is 1.24. The minimum Gasteiger partial charge on any atom is -0.480 e. The Morgan fingerprint density at radius 3 is 2.73 bits per heavy atom. The monoisotopic (exact) mass is 208 g/mol. The highest BCUT2D eigenvalue weighted by atomic mass is 16.5. The molecule has 0 spiro atoms. The number of anilines is 1. The van der Waals surface area contributed by atoms with Crippen LogP contribution in [0, 0.1) is 6.92 Å². The van der Waals surface area contributed by atoms with E-state index in [1.54, 1.807) is 7.05 Å². The molecule has 2 heterocycles. The van der Waals surface area contributed by atoms with Gasteiger partial charge in [-0.2, -0.15) is 0 Å². The third-order valence-corrected chi connectivity index (χ3v) is 2.02. The topological polar surface area (TPSA) is 42.4 Å². The van der Waals surface area contributed by atoms with Crippen LogP contribution in [0.3, 0.4) is 0 Å². The molecule has 4 nitrogen and oxygen atoms in total. The van der Waals surface area contributed by atoms with Gasteiger partial charge < -0.3 is 4.74 Å². The number of ether oxygens (including phenoxy) is 1. The predicted molar refractivity (Wildman–Crippen MR) is 59.2 cm³/mol. The molecule has 82 valence electrons. The summed E-state index contributed by atoms with van der Waals surface area (Å²) in [4.78, 5) is 17.0. The maximum Gasteiger partial charge on any atom is 0.265 e. The number of rotatable bonds is 0. The van der Waals surface area contributed by atoms with Gasteiger partial charge in [0, 0.05) is 12.7 Å². The van der Waals surface area contributed by atoms with E-state index in [9.17, 15) is 4.79 Å². The Morgan fingerprint density at radius 1 is 1.40 bits per heavy atom. The molecule has 4 heteroatoms. The molecular formula is C11H16N2O2. The van der Waals surface area contributed by atoms with E-state index < -0.39 is 0 Å². The van der Waals surface area contributed by atoms with Gasteiger partial charge in [-0.3, -0.25) is 9.69 Å². The van der Waals surface area contributed by atoms with Crippen LogP contribution in [0.2, 0.25) is 0 Å². The van der Waals surface area contributed by atoms with Crippen LogP contribution < -0.4 is 9.64 Å². The van der Waals surface area contributed by atoms with Crippen molar-refractivity contribution < 1.29 is 9.53 Å². The molecule has 1 aromatic heterocycles. The zero-order valence-corrected chi connectivity index (χ0v) is 9.57. The van der Waals surface area contributed by atoms with Crippen molar-refractivity contribution in [1.29, 1.82) is 0 Å². The Bertz CT molecular complexity index is 364. The molecule has 0 atom stereocenters. The van der Waals surface area contributed by atoms with E-state index in [0.29, 0.717) is 11.6 Å². The zero-order valence-electron chi connectivity index (χ0n) is 9.57. The number of carbonyl (C=O) groups excluding carboxylic acids is 1. The number of nitrogens with zero attached hydrogens (tertiary/aromatic N) is 2. The first-order valence-electron chi connectivity index (χ1n) is 5.05. The maximum atomic E-state index is 11.2. The molecule has 0 fully saturated rings. The predicted octanol–water partition coefficient (Wildman–Crippen LogP) is 1.77. The lowest BCUT2D eigenvalue weighted by molar-refractivity contribution is -0.121. The lowest BCUT2D eigenvalue weighted by Crippen LogP contribution is -2.36. The fourth-order valence-corrected chi connectivity index (χ4v) is 1.24. The van der Waals surface area contributed by atoms with Gasteiger partial charge in [-0.25, -0.2) is 4.98 Å². The number of carbonyl (C=O) groups is 1. The van der Waals surface area contributed by atoms with E-state index in [2.05, 4.69) is 4.98 Å². The van der Waals surface area contributed by atoms with Crippen molar-refractivity contribution in [2.75, 3.05) is 18.6 Å². The van der Waals surface area contributed by atoms with Crippen molar-refractivity contribution in [3.63, 3.8) is 0 Å². The number of pyridine rings is 1. The van der Waals surface area contributed by atoms with Gasteiger partial charge in [-0.05, 0) is 19.1 Å². The van der Waals surface area contributed by atoms with Gasteiger partial charge in [-0.1, -0.05) is 13.8 Å². The van der Waals surface area contributed by atoms with Gasteiger partial charge in [-0.15, -0.1) is 0 Å². The van der Waals surface area contributed by atoms with E-state index in [-0.39, 0.29) is 12.5 Å². The number of fused-ring (bicyclic) bond motifs is 1. The summed E-state index contributed by atoms with van der Waals surface area (Å²) in [6, 6.07) is 3.70. The highest BCUT2D eigenvalue weighted by Crippen LogP contribution is 2.28. The van der Waals surface area contributed by atoms with Crippen molar-refractivity contribution >= 4 is 11.7 Å². The summed E-state index contributed by atoms with van der Waals surface area (Å²) >= 11 is 0. The Morgan fingerprint density at radius 2 is 2.07 bits per heavy atom. The summed E-state index contributed by atoms with van der Waals surface area (Å²) in [6.45, 7) is 5.99. The smallest absolute Gasteiger partial charge is 0.265 e. The molecule has 15 heavy (non-hydrogen) atoms. The first-order chi connectivity index (χ1) is 7.18. The van der Waals surface area contributed by atoms with Gasteiger partial charge in [0.05, 0.1) is 0 Å². The molecule has 1 aromatic rings. The summed E-state index contributed by atoms with van der Waals surface area (Å²) in [5.41, 5.74) is 0.879. The van der Waals surface area contributed by atoms with Crippen LogP contribution in [0.5, 0.6) is 5.75 Å². The highest BCUT2D eigenvalue weighted by molar-refractivity contribution is 5.96. The van der Waals surface area contributed by atoms with Crippen molar-refractivity contribution in [1.82, 2.24) is 4.98 Å². The summed E-state index contributed by atoms with van der Waals surface area (Å²) in [7, 11) is 1.70. The largest absolute Gasteiger partial charge is 0.480 e. The molecule has 2 rings (SSSR count). The van der Waals surface area contributed by atoms with Gasteiger partial charge in [0.25, 0.3) is 5.91 Å². The summed E-state index contributed by atoms with van der Waals surface area (Å²) in [6.07, 6.45) is 0.